The largest absolute Gasteiger partial charge is 0.483 e. The Kier molecular flexibility index (Phi) is 5.35. The lowest BCUT2D eigenvalue weighted by Crippen LogP contribution is -2.20. The summed E-state index contributed by atoms with van der Waals surface area (Å²) in [4.78, 5) is 14.7. The first kappa shape index (κ1) is 17.6. The normalized spacial score (nSPS) is 14.4. The van der Waals surface area contributed by atoms with Gasteiger partial charge in [-0.15, -0.1) is 0 Å². The lowest BCUT2D eigenvalue weighted by atomic mass is 10.1. The van der Waals surface area contributed by atoms with Crippen molar-refractivity contribution in [2.45, 2.75) is 19.4 Å². The van der Waals surface area contributed by atoms with E-state index in [-0.39, 0.29) is 12.5 Å². The smallest absolute Gasteiger partial charge is 0.262 e. The van der Waals surface area contributed by atoms with Gasteiger partial charge in [-0.05, 0) is 55.1 Å². The fourth-order valence-electron chi connectivity index (χ4n) is 3.55. The summed E-state index contributed by atoms with van der Waals surface area (Å²) in [6.45, 7) is 3.34. The van der Waals surface area contributed by atoms with Gasteiger partial charge in [-0.25, -0.2) is 0 Å². The molecule has 138 valence electrons. The van der Waals surface area contributed by atoms with E-state index in [0.29, 0.717) is 0 Å². The second kappa shape index (κ2) is 8.23. The van der Waals surface area contributed by atoms with Crippen molar-refractivity contribution in [2.75, 3.05) is 25.0 Å². The number of carbonyl (C=O) groups is 1. The first-order valence-electron chi connectivity index (χ1n) is 9.50. The SMILES string of the molecule is O=C(COc1cccc2ccccc12)Nc1ccc(CN2CCCC2)cc1. The lowest BCUT2D eigenvalue weighted by molar-refractivity contribution is -0.118. The molecule has 4 heteroatoms. The molecule has 1 aliphatic rings. The Balaban J connectivity index is 1.32. The van der Waals surface area contributed by atoms with Crippen molar-refractivity contribution < 1.29 is 9.53 Å². The van der Waals surface area contributed by atoms with Crippen LogP contribution in [0.1, 0.15) is 18.4 Å². The fraction of sp³-hybridized carbons (Fsp3) is 0.261. The molecule has 1 aliphatic heterocycles. The molecule has 1 fully saturated rings. The average Bonchev–Trinajstić information content (AvgIpc) is 3.21. The number of hydrogen-bond donors (Lipinski definition) is 1. The van der Waals surface area contributed by atoms with Gasteiger partial charge in [0.25, 0.3) is 5.91 Å². The van der Waals surface area contributed by atoms with E-state index in [1.54, 1.807) is 0 Å². The summed E-state index contributed by atoms with van der Waals surface area (Å²) in [6.07, 6.45) is 2.59. The topological polar surface area (TPSA) is 41.6 Å². The van der Waals surface area contributed by atoms with Gasteiger partial charge in [-0.3, -0.25) is 9.69 Å². The fourth-order valence-corrected chi connectivity index (χ4v) is 3.55. The summed E-state index contributed by atoms with van der Waals surface area (Å²) in [5.74, 6) is 0.569. The first-order chi connectivity index (χ1) is 13.3. The standard InChI is InChI=1S/C23H24N2O2/c26-23(17-27-22-9-5-7-19-6-1-2-8-21(19)22)24-20-12-10-18(11-13-20)16-25-14-3-4-15-25/h1-2,5-13H,3-4,14-17H2,(H,24,26). The van der Waals surface area contributed by atoms with Crippen molar-refractivity contribution in [1.29, 1.82) is 0 Å². The monoisotopic (exact) mass is 360 g/mol. The number of amides is 1. The maximum absolute atomic E-state index is 12.2. The Labute approximate surface area is 159 Å². The van der Waals surface area contributed by atoms with Crippen LogP contribution in [-0.4, -0.2) is 30.5 Å². The molecular weight excluding hydrogens is 336 g/mol. The van der Waals surface area contributed by atoms with Gasteiger partial charge in [0.1, 0.15) is 5.75 Å². The van der Waals surface area contributed by atoms with Crippen LogP contribution in [0.25, 0.3) is 10.8 Å². The minimum Gasteiger partial charge on any atom is -0.483 e. The number of fused-ring (bicyclic) bond motifs is 1. The molecule has 0 spiro atoms. The van der Waals surface area contributed by atoms with Gasteiger partial charge in [0.15, 0.2) is 6.61 Å². The van der Waals surface area contributed by atoms with Crippen molar-refractivity contribution in [3.05, 3.63) is 72.3 Å². The maximum atomic E-state index is 12.2. The van der Waals surface area contributed by atoms with E-state index >= 15 is 0 Å². The lowest BCUT2D eigenvalue weighted by Gasteiger charge is -2.15. The van der Waals surface area contributed by atoms with Crippen molar-refractivity contribution >= 4 is 22.4 Å². The van der Waals surface area contributed by atoms with Crippen molar-refractivity contribution in [2.24, 2.45) is 0 Å². The zero-order chi connectivity index (χ0) is 18.5. The van der Waals surface area contributed by atoms with Gasteiger partial charge in [-0.2, -0.15) is 0 Å². The quantitative estimate of drug-likeness (QED) is 0.706. The molecule has 1 N–H and O–H groups in total. The number of carbonyl (C=O) groups excluding carboxylic acids is 1. The summed E-state index contributed by atoms with van der Waals surface area (Å²) < 4.78 is 5.75. The molecule has 3 aromatic carbocycles. The third kappa shape index (κ3) is 4.47. The molecular formula is C23H24N2O2. The molecule has 0 atom stereocenters. The second-order valence-corrected chi connectivity index (χ2v) is 6.99. The highest BCUT2D eigenvalue weighted by Crippen LogP contribution is 2.25. The molecule has 27 heavy (non-hydrogen) atoms. The molecule has 0 aromatic heterocycles. The van der Waals surface area contributed by atoms with Crippen LogP contribution >= 0.6 is 0 Å². The van der Waals surface area contributed by atoms with E-state index in [1.807, 2.05) is 54.6 Å². The molecule has 1 heterocycles. The molecule has 4 rings (SSSR count). The van der Waals surface area contributed by atoms with Gasteiger partial charge in [0.2, 0.25) is 0 Å². The number of anilines is 1. The summed E-state index contributed by atoms with van der Waals surface area (Å²) in [7, 11) is 0. The zero-order valence-corrected chi connectivity index (χ0v) is 15.4. The third-order valence-corrected chi connectivity index (χ3v) is 4.95. The summed E-state index contributed by atoms with van der Waals surface area (Å²) in [5, 5.41) is 5.02. The molecule has 0 radical (unpaired) electrons. The van der Waals surface area contributed by atoms with Gasteiger partial charge in [0, 0.05) is 17.6 Å². The molecule has 4 nitrogen and oxygen atoms in total. The van der Waals surface area contributed by atoms with E-state index in [0.717, 1.165) is 28.8 Å². The summed E-state index contributed by atoms with van der Waals surface area (Å²) in [5.41, 5.74) is 2.08. The van der Waals surface area contributed by atoms with E-state index in [1.165, 1.54) is 31.5 Å². The second-order valence-electron chi connectivity index (χ2n) is 6.99. The first-order valence-corrected chi connectivity index (χ1v) is 9.50. The predicted molar refractivity (Wildman–Crippen MR) is 109 cm³/mol. The average molecular weight is 360 g/mol. The van der Waals surface area contributed by atoms with Crippen molar-refractivity contribution in [3.63, 3.8) is 0 Å². The summed E-state index contributed by atoms with van der Waals surface area (Å²) in [6, 6.07) is 21.9. The number of benzene rings is 3. The highest BCUT2D eigenvalue weighted by molar-refractivity contribution is 5.93. The van der Waals surface area contributed by atoms with Gasteiger partial charge in [-0.1, -0.05) is 48.5 Å². The molecule has 3 aromatic rings. The highest BCUT2D eigenvalue weighted by Gasteiger charge is 2.12. The Morgan fingerprint density at radius 1 is 0.926 bits per heavy atom. The van der Waals surface area contributed by atoms with Crippen LogP contribution < -0.4 is 10.1 Å². The minimum absolute atomic E-state index is 0.0104. The molecule has 0 saturated carbocycles. The van der Waals surface area contributed by atoms with Gasteiger partial charge >= 0.3 is 0 Å². The predicted octanol–water partition coefficient (Wildman–Crippen LogP) is 4.45. The number of nitrogens with one attached hydrogen (secondary N) is 1. The van der Waals surface area contributed by atoms with E-state index in [4.69, 9.17) is 4.74 Å². The number of nitrogens with zero attached hydrogens (tertiary/aromatic N) is 1. The number of ether oxygens (including phenoxy) is 1. The summed E-state index contributed by atoms with van der Waals surface area (Å²) >= 11 is 0. The van der Waals surface area contributed by atoms with Crippen LogP contribution in [0, 0.1) is 0 Å². The van der Waals surface area contributed by atoms with Crippen LogP contribution in [0.4, 0.5) is 5.69 Å². The molecule has 1 amide bonds. The van der Waals surface area contributed by atoms with Crippen LogP contribution in [0.15, 0.2) is 66.7 Å². The van der Waals surface area contributed by atoms with Crippen LogP contribution in [0.5, 0.6) is 5.75 Å². The van der Waals surface area contributed by atoms with Crippen LogP contribution in [0.3, 0.4) is 0 Å². The molecule has 0 aliphatic carbocycles. The Morgan fingerprint density at radius 3 is 2.48 bits per heavy atom. The molecule has 0 unspecified atom stereocenters. The minimum atomic E-state index is -0.157. The Morgan fingerprint density at radius 2 is 1.67 bits per heavy atom. The third-order valence-electron chi connectivity index (χ3n) is 4.95. The van der Waals surface area contributed by atoms with Crippen LogP contribution in [-0.2, 0) is 11.3 Å². The van der Waals surface area contributed by atoms with Crippen molar-refractivity contribution in [3.8, 4) is 5.75 Å². The molecule has 1 saturated heterocycles. The zero-order valence-electron chi connectivity index (χ0n) is 15.4. The van der Waals surface area contributed by atoms with Gasteiger partial charge in [0.05, 0.1) is 0 Å². The Hall–Kier alpha value is -2.85. The van der Waals surface area contributed by atoms with E-state index in [2.05, 4.69) is 22.3 Å². The van der Waals surface area contributed by atoms with E-state index in [9.17, 15) is 4.79 Å². The van der Waals surface area contributed by atoms with Crippen molar-refractivity contribution in [1.82, 2.24) is 4.90 Å². The van der Waals surface area contributed by atoms with Gasteiger partial charge < -0.3 is 10.1 Å². The highest BCUT2D eigenvalue weighted by atomic mass is 16.5. The maximum Gasteiger partial charge on any atom is 0.262 e. The Bertz CT molecular complexity index is 910. The number of likely N-dealkylation sites (tertiary alicyclic amines) is 1. The molecule has 0 bridgehead atoms. The number of hydrogen-bond acceptors (Lipinski definition) is 3. The van der Waals surface area contributed by atoms with Crippen LogP contribution in [0.2, 0.25) is 0 Å². The van der Waals surface area contributed by atoms with E-state index < -0.39 is 0 Å². The number of rotatable bonds is 6.